The minimum atomic E-state index is -0.294. The van der Waals surface area contributed by atoms with Crippen molar-refractivity contribution >= 4 is 11.6 Å². The number of halogens is 1. The number of carbonyl (C=O) groups excluding carboxylic acids is 1. The molecule has 5 heteroatoms. The molecule has 4 rings (SSSR count). The SMILES string of the molecule is Cc1ccccc1Cn1cc(C(=O)N2c3ccc(F)cc3CC[C@H]2C)ccc1=O. The zero-order chi connectivity index (χ0) is 20.5. The van der Waals surface area contributed by atoms with E-state index in [0.29, 0.717) is 12.1 Å². The first-order valence-corrected chi connectivity index (χ1v) is 9.81. The van der Waals surface area contributed by atoms with E-state index >= 15 is 0 Å². The third-order valence-electron chi connectivity index (χ3n) is 5.62. The third-order valence-corrected chi connectivity index (χ3v) is 5.62. The van der Waals surface area contributed by atoms with Crippen LogP contribution in [-0.4, -0.2) is 16.5 Å². The van der Waals surface area contributed by atoms with Crippen molar-refractivity contribution in [3.05, 3.63) is 99.2 Å². The lowest BCUT2D eigenvalue weighted by atomic mass is 9.95. The van der Waals surface area contributed by atoms with E-state index in [9.17, 15) is 14.0 Å². The summed E-state index contributed by atoms with van der Waals surface area (Å²) in [5, 5.41) is 0. The normalized spacial score (nSPS) is 15.8. The van der Waals surface area contributed by atoms with E-state index in [0.717, 1.165) is 35.2 Å². The summed E-state index contributed by atoms with van der Waals surface area (Å²) < 4.78 is 15.2. The van der Waals surface area contributed by atoms with Crippen molar-refractivity contribution in [2.45, 2.75) is 39.3 Å². The molecule has 1 amide bonds. The number of carbonyl (C=O) groups is 1. The molecular formula is C24H23FN2O2. The van der Waals surface area contributed by atoms with Gasteiger partial charge < -0.3 is 9.47 Å². The number of rotatable bonds is 3. The lowest BCUT2D eigenvalue weighted by Crippen LogP contribution is -2.42. The molecule has 1 aliphatic heterocycles. The summed E-state index contributed by atoms with van der Waals surface area (Å²) in [5.74, 6) is -0.471. The summed E-state index contributed by atoms with van der Waals surface area (Å²) in [6.07, 6.45) is 3.14. The molecule has 0 radical (unpaired) electrons. The molecule has 3 aromatic rings. The molecule has 148 valence electrons. The van der Waals surface area contributed by atoms with Crippen LogP contribution in [0, 0.1) is 12.7 Å². The van der Waals surface area contributed by atoms with Gasteiger partial charge in [-0.15, -0.1) is 0 Å². The van der Waals surface area contributed by atoms with Crippen LogP contribution in [0.1, 0.15) is 40.4 Å². The standard InChI is InChI=1S/C24H23FN2O2/c1-16-5-3-4-6-19(16)14-26-15-20(9-12-23(26)28)24(29)27-17(2)7-8-18-13-21(25)10-11-22(18)27/h3-6,9-13,15,17H,7-8,14H2,1-2H3/t17-/m1/s1. The Bertz CT molecular complexity index is 1140. The van der Waals surface area contributed by atoms with Gasteiger partial charge in [0.05, 0.1) is 12.1 Å². The van der Waals surface area contributed by atoms with Gasteiger partial charge in [0.2, 0.25) is 0 Å². The van der Waals surface area contributed by atoms with E-state index in [4.69, 9.17) is 0 Å². The Kier molecular flexibility index (Phi) is 5.05. The number of anilines is 1. The van der Waals surface area contributed by atoms with Crippen LogP contribution in [0.5, 0.6) is 0 Å². The lowest BCUT2D eigenvalue weighted by Gasteiger charge is -2.35. The molecule has 0 N–H and O–H groups in total. The highest BCUT2D eigenvalue weighted by Crippen LogP contribution is 2.32. The van der Waals surface area contributed by atoms with Crippen LogP contribution in [-0.2, 0) is 13.0 Å². The van der Waals surface area contributed by atoms with Gasteiger partial charge in [0.15, 0.2) is 0 Å². The van der Waals surface area contributed by atoms with Gasteiger partial charge in [-0.1, -0.05) is 24.3 Å². The van der Waals surface area contributed by atoms with Crippen molar-refractivity contribution in [2.75, 3.05) is 4.90 Å². The molecule has 0 bridgehead atoms. The second-order valence-electron chi connectivity index (χ2n) is 7.65. The van der Waals surface area contributed by atoms with Gasteiger partial charge in [-0.2, -0.15) is 0 Å². The monoisotopic (exact) mass is 390 g/mol. The van der Waals surface area contributed by atoms with Gasteiger partial charge in [-0.25, -0.2) is 4.39 Å². The van der Waals surface area contributed by atoms with Gasteiger partial charge >= 0.3 is 0 Å². The largest absolute Gasteiger partial charge is 0.310 e. The highest BCUT2D eigenvalue weighted by atomic mass is 19.1. The summed E-state index contributed by atoms with van der Waals surface area (Å²) in [7, 11) is 0. The number of hydrogen-bond acceptors (Lipinski definition) is 2. The van der Waals surface area contributed by atoms with Crippen molar-refractivity contribution in [1.29, 1.82) is 0 Å². The summed E-state index contributed by atoms with van der Waals surface area (Å²) in [6, 6.07) is 15.4. The molecule has 0 aliphatic carbocycles. The maximum atomic E-state index is 13.6. The fraction of sp³-hybridized carbons (Fsp3) is 0.250. The highest BCUT2D eigenvalue weighted by Gasteiger charge is 2.29. The number of benzene rings is 2. The minimum absolute atomic E-state index is 0.00259. The molecule has 0 unspecified atom stereocenters. The molecule has 2 aromatic carbocycles. The first kappa shape index (κ1) is 19.1. The van der Waals surface area contributed by atoms with Crippen LogP contribution in [0.2, 0.25) is 0 Å². The number of pyridine rings is 1. The van der Waals surface area contributed by atoms with Gasteiger partial charge in [0.25, 0.3) is 11.5 Å². The number of hydrogen-bond donors (Lipinski definition) is 0. The Hall–Kier alpha value is -3.21. The van der Waals surface area contributed by atoms with Gasteiger partial charge in [-0.05, 0) is 67.6 Å². The fourth-order valence-electron chi connectivity index (χ4n) is 3.92. The van der Waals surface area contributed by atoms with E-state index in [-0.39, 0.29) is 23.3 Å². The van der Waals surface area contributed by atoms with Crippen LogP contribution in [0.4, 0.5) is 10.1 Å². The number of aromatic nitrogens is 1. The molecule has 1 aliphatic rings. The van der Waals surface area contributed by atoms with Crippen LogP contribution in [0.15, 0.2) is 65.6 Å². The van der Waals surface area contributed by atoms with E-state index in [1.165, 1.54) is 18.2 Å². The smallest absolute Gasteiger partial charge is 0.260 e. The third kappa shape index (κ3) is 3.73. The zero-order valence-corrected chi connectivity index (χ0v) is 16.6. The highest BCUT2D eigenvalue weighted by molar-refractivity contribution is 6.07. The second kappa shape index (κ2) is 7.66. The van der Waals surface area contributed by atoms with Gasteiger partial charge in [0.1, 0.15) is 5.82 Å². The van der Waals surface area contributed by atoms with E-state index in [1.807, 2.05) is 38.1 Å². The molecule has 4 nitrogen and oxygen atoms in total. The summed E-state index contributed by atoms with van der Waals surface area (Å²) in [5.41, 5.74) is 4.00. The van der Waals surface area contributed by atoms with E-state index < -0.39 is 0 Å². The first-order valence-electron chi connectivity index (χ1n) is 9.81. The van der Waals surface area contributed by atoms with Crippen LogP contribution < -0.4 is 10.5 Å². The maximum Gasteiger partial charge on any atom is 0.260 e. The molecule has 1 aromatic heterocycles. The fourth-order valence-corrected chi connectivity index (χ4v) is 3.92. The summed E-state index contributed by atoms with van der Waals surface area (Å²) >= 11 is 0. The molecule has 0 spiro atoms. The van der Waals surface area contributed by atoms with Gasteiger partial charge in [-0.3, -0.25) is 9.59 Å². The first-order chi connectivity index (χ1) is 13.9. The van der Waals surface area contributed by atoms with E-state index in [1.54, 1.807) is 27.8 Å². The van der Waals surface area contributed by atoms with E-state index in [2.05, 4.69) is 0 Å². The quantitative estimate of drug-likeness (QED) is 0.668. The molecular weight excluding hydrogens is 367 g/mol. The zero-order valence-electron chi connectivity index (χ0n) is 16.6. The van der Waals surface area contributed by atoms with Crippen LogP contribution in [0.3, 0.4) is 0 Å². The van der Waals surface area contributed by atoms with Crippen LogP contribution >= 0.6 is 0 Å². The Morgan fingerprint density at radius 1 is 1.14 bits per heavy atom. The predicted molar refractivity (Wildman–Crippen MR) is 112 cm³/mol. The van der Waals surface area contributed by atoms with Crippen molar-refractivity contribution in [1.82, 2.24) is 4.57 Å². The molecule has 29 heavy (non-hydrogen) atoms. The molecule has 0 fully saturated rings. The number of fused-ring (bicyclic) bond motifs is 1. The number of nitrogens with zero attached hydrogens (tertiary/aromatic N) is 2. The Morgan fingerprint density at radius 2 is 1.93 bits per heavy atom. The average Bonchev–Trinajstić information content (AvgIpc) is 2.71. The lowest BCUT2D eigenvalue weighted by molar-refractivity contribution is 0.0974. The predicted octanol–water partition coefficient (Wildman–Crippen LogP) is 4.33. The van der Waals surface area contributed by atoms with Gasteiger partial charge in [0, 0.05) is 24.0 Å². The molecule has 0 saturated carbocycles. The molecule has 1 atom stereocenters. The topological polar surface area (TPSA) is 42.3 Å². The van der Waals surface area contributed by atoms with Crippen molar-refractivity contribution < 1.29 is 9.18 Å². The maximum absolute atomic E-state index is 13.6. The van der Waals surface area contributed by atoms with Crippen molar-refractivity contribution in [3.63, 3.8) is 0 Å². The molecule has 0 saturated heterocycles. The van der Waals surface area contributed by atoms with Crippen molar-refractivity contribution in [2.24, 2.45) is 0 Å². The summed E-state index contributed by atoms with van der Waals surface area (Å²) in [4.78, 5) is 27.5. The minimum Gasteiger partial charge on any atom is -0.310 e. The Morgan fingerprint density at radius 3 is 2.72 bits per heavy atom. The Balaban J connectivity index is 1.70. The summed E-state index contributed by atoms with van der Waals surface area (Å²) in [6.45, 7) is 4.40. The second-order valence-corrected chi connectivity index (χ2v) is 7.65. The Labute approximate surface area is 169 Å². The number of aryl methyl sites for hydroxylation is 2. The average molecular weight is 390 g/mol. The van der Waals surface area contributed by atoms with Crippen LogP contribution in [0.25, 0.3) is 0 Å². The van der Waals surface area contributed by atoms with Crippen molar-refractivity contribution in [3.8, 4) is 0 Å². The molecule has 2 heterocycles. The number of amides is 1.